The normalized spacial score (nSPS) is 11.6. The number of carbonyl (C=O) groups is 2. The SMILES string of the molecule is CC(C)Cc1ccc(C(C)C(=O)NCCNC(=O)Nc2ccccc2[N+](=O)[O-])cc1. The van der Waals surface area contributed by atoms with Crippen LogP contribution < -0.4 is 16.0 Å². The first-order valence-corrected chi connectivity index (χ1v) is 9.92. The average Bonchev–Trinajstić information content (AvgIpc) is 2.71. The molecule has 30 heavy (non-hydrogen) atoms. The zero-order valence-electron chi connectivity index (χ0n) is 17.5. The molecule has 0 radical (unpaired) electrons. The third-order valence-corrected chi connectivity index (χ3v) is 4.58. The Morgan fingerprint density at radius 3 is 2.23 bits per heavy atom. The molecular weight excluding hydrogens is 384 g/mol. The van der Waals surface area contributed by atoms with Crippen molar-refractivity contribution in [3.8, 4) is 0 Å². The molecule has 0 aliphatic carbocycles. The number of benzene rings is 2. The number of anilines is 1. The fourth-order valence-corrected chi connectivity index (χ4v) is 2.99. The van der Waals surface area contributed by atoms with Gasteiger partial charge in [-0.1, -0.05) is 50.2 Å². The summed E-state index contributed by atoms with van der Waals surface area (Å²) >= 11 is 0. The number of nitro groups is 1. The summed E-state index contributed by atoms with van der Waals surface area (Å²) in [5, 5.41) is 18.8. The number of amides is 3. The Morgan fingerprint density at radius 1 is 0.967 bits per heavy atom. The molecule has 8 nitrogen and oxygen atoms in total. The number of para-hydroxylation sites is 2. The van der Waals surface area contributed by atoms with Gasteiger partial charge in [-0.3, -0.25) is 14.9 Å². The van der Waals surface area contributed by atoms with Crippen molar-refractivity contribution < 1.29 is 14.5 Å². The molecule has 0 saturated heterocycles. The fraction of sp³-hybridized carbons (Fsp3) is 0.364. The van der Waals surface area contributed by atoms with Gasteiger partial charge < -0.3 is 16.0 Å². The molecule has 1 unspecified atom stereocenters. The number of hydrogen-bond acceptors (Lipinski definition) is 4. The maximum atomic E-state index is 12.3. The van der Waals surface area contributed by atoms with E-state index in [1.807, 2.05) is 31.2 Å². The van der Waals surface area contributed by atoms with Gasteiger partial charge in [0, 0.05) is 19.2 Å². The smallest absolute Gasteiger partial charge is 0.319 e. The summed E-state index contributed by atoms with van der Waals surface area (Å²) in [6.45, 7) is 6.61. The van der Waals surface area contributed by atoms with Gasteiger partial charge in [-0.25, -0.2) is 4.79 Å². The van der Waals surface area contributed by atoms with E-state index < -0.39 is 11.0 Å². The predicted octanol–water partition coefficient (Wildman–Crippen LogP) is 3.83. The van der Waals surface area contributed by atoms with Gasteiger partial charge in [-0.15, -0.1) is 0 Å². The third kappa shape index (κ3) is 6.88. The van der Waals surface area contributed by atoms with Gasteiger partial charge in [-0.2, -0.15) is 0 Å². The van der Waals surface area contributed by atoms with Crippen LogP contribution in [0.25, 0.3) is 0 Å². The second-order valence-electron chi connectivity index (χ2n) is 7.51. The van der Waals surface area contributed by atoms with E-state index in [2.05, 4.69) is 29.8 Å². The topological polar surface area (TPSA) is 113 Å². The molecule has 1 atom stereocenters. The van der Waals surface area contributed by atoms with Crippen LogP contribution in [0.2, 0.25) is 0 Å². The lowest BCUT2D eigenvalue weighted by Crippen LogP contribution is -2.38. The quantitative estimate of drug-likeness (QED) is 0.330. The standard InChI is InChI=1S/C22H28N4O4/c1-15(2)14-17-8-10-18(11-9-17)16(3)21(27)23-12-13-24-22(28)25-19-6-4-5-7-20(19)26(29)30/h4-11,15-16H,12-14H2,1-3H3,(H,23,27)(H2,24,25,28). The van der Waals surface area contributed by atoms with Crippen molar-refractivity contribution in [2.24, 2.45) is 5.92 Å². The van der Waals surface area contributed by atoms with E-state index in [9.17, 15) is 19.7 Å². The molecule has 2 aromatic carbocycles. The summed E-state index contributed by atoms with van der Waals surface area (Å²) in [7, 11) is 0. The van der Waals surface area contributed by atoms with Crippen LogP contribution in [-0.4, -0.2) is 30.0 Å². The summed E-state index contributed by atoms with van der Waals surface area (Å²) in [5.41, 5.74) is 2.10. The van der Waals surface area contributed by atoms with Crippen molar-refractivity contribution in [3.63, 3.8) is 0 Å². The van der Waals surface area contributed by atoms with Crippen LogP contribution in [0.5, 0.6) is 0 Å². The van der Waals surface area contributed by atoms with Crippen molar-refractivity contribution in [2.75, 3.05) is 18.4 Å². The average molecular weight is 412 g/mol. The van der Waals surface area contributed by atoms with Crippen molar-refractivity contribution >= 4 is 23.3 Å². The molecule has 2 aromatic rings. The molecule has 8 heteroatoms. The van der Waals surface area contributed by atoms with Crippen molar-refractivity contribution in [1.82, 2.24) is 10.6 Å². The Bertz CT molecular complexity index is 881. The van der Waals surface area contributed by atoms with E-state index in [0.717, 1.165) is 12.0 Å². The highest BCUT2D eigenvalue weighted by atomic mass is 16.6. The number of hydrogen-bond donors (Lipinski definition) is 3. The molecule has 0 aromatic heterocycles. The van der Waals surface area contributed by atoms with Gasteiger partial charge in [0.25, 0.3) is 5.69 Å². The molecule has 3 amide bonds. The van der Waals surface area contributed by atoms with Gasteiger partial charge in [0.05, 0.1) is 10.8 Å². The van der Waals surface area contributed by atoms with Crippen LogP contribution in [-0.2, 0) is 11.2 Å². The molecule has 0 spiro atoms. The van der Waals surface area contributed by atoms with Crippen LogP contribution in [0.4, 0.5) is 16.2 Å². The fourth-order valence-electron chi connectivity index (χ4n) is 2.99. The third-order valence-electron chi connectivity index (χ3n) is 4.58. The van der Waals surface area contributed by atoms with E-state index >= 15 is 0 Å². The highest BCUT2D eigenvalue weighted by Gasteiger charge is 2.16. The summed E-state index contributed by atoms with van der Waals surface area (Å²) < 4.78 is 0. The molecule has 0 fully saturated rings. The van der Waals surface area contributed by atoms with E-state index in [4.69, 9.17) is 0 Å². The Kier molecular flexibility index (Phi) is 8.34. The molecule has 0 aliphatic rings. The molecule has 2 rings (SSSR count). The lowest BCUT2D eigenvalue weighted by Gasteiger charge is -2.14. The van der Waals surface area contributed by atoms with Crippen LogP contribution >= 0.6 is 0 Å². The maximum Gasteiger partial charge on any atom is 0.319 e. The number of nitro benzene ring substituents is 1. The van der Waals surface area contributed by atoms with E-state index in [0.29, 0.717) is 5.92 Å². The minimum absolute atomic E-state index is 0.110. The monoisotopic (exact) mass is 412 g/mol. The van der Waals surface area contributed by atoms with E-state index in [-0.39, 0.29) is 36.3 Å². The zero-order valence-corrected chi connectivity index (χ0v) is 17.5. The first-order chi connectivity index (χ1) is 14.3. The summed E-state index contributed by atoms with van der Waals surface area (Å²) in [4.78, 5) is 34.7. The predicted molar refractivity (Wildman–Crippen MR) is 117 cm³/mol. The molecule has 0 saturated carbocycles. The van der Waals surface area contributed by atoms with Gasteiger partial charge in [0.2, 0.25) is 5.91 Å². The van der Waals surface area contributed by atoms with Crippen LogP contribution in [0.1, 0.15) is 37.8 Å². The number of rotatable bonds is 9. The molecular formula is C22H28N4O4. The minimum Gasteiger partial charge on any atom is -0.354 e. The van der Waals surface area contributed by atoms with Gasteiger partial charge in [-0.05, 0) is 36.5 Å². The lowest BCUT2D eigenvalue weighted by molar-refractivity contribution is -0.383. The molecule has 3 N–H and O–H groups in total. The number of carbonyl (C=O) groups excluding carboxylic acids is 2. The zero-order chi connectivity index (χ0) is 22.1. The highest BCUT2D eigenvalue weighted by molar-refractivity contribution is 5.91. The molecule has 0 bridgehead atoms. The maximum absolute atomic E-state index is 12.3. The number of nitrogens with zero attached hydrogens (tertiary/aromatic N) is 1. The van der Waals surface area contributed by atoms with Gasteiger partial charge in [0.15, 0.2) is 0 Å². The largest absolute Gasteiger partial charge is 0.354 e. The van der Waals surface area contributed by atoms with Crippen molar-refractivity contribution in [2.45, 2.75) is 33.1 Å². The molecule has 160 valence electrons. The van der Waals surface area contributed by atoms with Crippen LogP contribution in [0.15, 0.2) is 48.5 Å². The van der Waals surface area contributed by atoms with Gasteiger partial charge >= 0.3 is 6.03 Å². The van der Waals surface area contributed by atoms with E-state index in [1.54, 1.807) is 6.07 Å². The number of nitrogens with one attached hydrogen (secondary N) is 3. The summed E-state index contributed by atoms with van der Waals surface area (Å²) in [5.74, 6) is 0.140. The highest BCUT2D eigenvalue weighted by Crippen LogP contribution is 2.22. The Labute approximate surface area is 176 Å². The van der Waals surface area contributed by atoms with Gasteiger partial charge in [0.1, 0.15) is 5.69 Å². The first kappa shape index (κ1) is 22.9. The van der Waals surface area contributed by atoms with E-state index in [1.165, 1.54) is 23.8 Å². The number of urea groups is 1. The Balaban J connectivity index is 1.76. The van der Waals surface area contributed by atoms with Crippen molar-refractivity contribution in [1.29, 1.82) is 0 Å². The minimum atomic E-state index is -0.577. The Hall–Kier alpha value is -3.42. The van der Waals surface area contributed by atoms with Crippen LogP contribution in [0, 0.1) is 16.0 Å². The molecule has 0 heterocycles. The summed E-state index contributed by atoms with van der Waals surface area (Å²) in [6.07, 6.45) is 1.00. The van der Waals surface area contributed by atoms with Crippen molar-refractivity contribution in [3.05, 3.63) is 69.8 Å². The summed E-state index contributed by atoms with van der Waals surface area (Å²) in [6, 6.07) is 13.4. The second kappa shape index (κ2) is 10.9. The molecule has 0 aliphatic heterocycles. The Morgan fingerprint density at radius 2 is 1.60 bits per heavy atom. The second-order valence-corrected chi connectivity index (χ2v) is 7.51. The lowest BCUT2D eigenvalue weighted by atomic mass is 9.96. The first-order valence-electron chi connectivity index (χ1n) is 9.92. The van der Waals surface area contributed by atoms with Crippen LogP contribution in [0.3, 0.4) is 0 Å².